The van der Waals surface area contributed by atoms with Crippen molar-refractivity contribution in [1.82, 2.24) is 0 Å². The molecule has 1 aromatic rings. The molecule has 0 radical (unpaired) electrons. The zero-order valence-corrected chi connectivity index (χ0v) is 23.9. The maximum Gasteiger partial charge on any atom is 0.308 e. The Balaban J connectivity index is 1.60. The molecular formula is C31H46O4. The van der Waals surface area contributed by atoms with Crippen LogP contribution in [0.25, 0.3) is 0 Å². The van der Waals surface area contributed by atoms with Crippen molar-refractivity contribution in [2.45, 2.75) is 113 Å². The van der Waals surface area contributed by atoms with Crippen molar-refractivity contribution in [2.24, 2.45) is 23.2 Å². The predicted octanol–water partition coefficient (Wildman–Crippen LogP) is 7.43. The summed E-state index contributed by atoms with van der Waals surface area (Å²) in [6.45, 7) is 21.8. The van der Waals surface area contributed by atoms with Crippen LogP contribution in [0.4, 0.5) is 0 Å². The van der Waals surface area contributed by atoms with Crippen LogP contribution in [0.5, 0.6) is 11.5 Å². The van der Waals surface area contributed by atoms with Crippen LogP contribution in [-0.4, -0.2) is 24.3 Å². The summed E-state index contributed by atoms with van der Waals surface area (Å²) in [5, 5.41) is 0. The Hall–Kier alpha value is -1.81. The molecule has 4 nitrogen and oxygen atoms in total. The molecule has 3 aliphatic rings. The van der Waals surface area contributed by atoms with Gasteiger partial charge in [-0.3, -0.25) is 4.79 Å². The van der Waals surface area contributed by atoms with Gasteiger partial charge in [-0.25, -0.2) is 0 Å². The van der Waals surface area contributed by atoms with E-state index in [4.69, 9.17) is 14.2 Å². The number of hydrogen-bond donors (Lipinski definition) is 0. The Morgan fingerprint density at radius 3 is 2.34 bits per heavy atom. The Morgan fingerprint density at radius 1 is 1.11 bits per heavy atom. The van der Waals surface area contributed by atoms with Gasteiger partial charge in [0.05, 0.1) is 5.60 Å². The zero-order chi connectivity index (χ0) is 26.1. The van der Waals surface area contributed by atoms with E-state index in [1.165, 1.54) is 12.5 Å². The first-order valence-electron chi connectivity index (χ1n) is 13.5. The minimum atomic E-state index is -0.275. The van der Waals surface area contributed by atoms with Crippen molar-refractivity contribution in [2.75, 3.05) is 7.11 Å². The van der Waals surface area contributed by atoms with Crippen molar-refractivity contribution < 1.29 is 19.0 Å². The highest BCUT2D eigenvalue weighted by atomic mass is 16.5. The molecule has 4 heteroatoms. The van der Waals surface area contributed by atoms with E-state index in [1.54, 1.807) is 11.1 Å². The van der Waals surface area contributed by atoms with Crippen LogP contribution >= 0.6 is 0 Å². The molecule has 1 aliphatic heterocycles. The zero-order valence-electron chi connectivity index (χ0n) is 23.9. The molecule has 35 heavy (non-hydrogen) atoms. The van der Waals surface area contributed by atoms with E-state index in [9.17, 15) is 4.79 Å². The molecule has 0 fully saturated rings. The lowest BCUT2D eigenvalue weighted by atomic mass is 9.65. The van der Waals surface area contributed by atoms with Crippen molar-refractivity contribution in [1.29, 1.82) is 0 Å². The average Bonchev–Trinajstić information content (AvgIpc) is 3.40. The fraction of sp³-hybridized carbons (Fsp3) is 0.710. The second kappa shape index (κ2) is 8.64. The van der Waals surface area contributed by atoms with E-state index in [0.29, 0.717) is 23.5 Å². The SMILES string of the molecule is CCC(C)(CC1C2=C(C(C)C1(C)OC)[C@@H]2C)CC1(C)CCc2c(C)c(OC(C)=O)c(C)c(C)c2O1. The summed E-state index contributed by atoms with van der Waals surface area (Å²) < 4.78 is 18.7. The lowest BCUT2D eigenvalue weighted by Crippen LogP contribution is -2.46. The molecule has 5 unspecified atom stereocenters. The van der Waals surface area contributed by atoms with Crippen molar-refractivity contribution in [3.8, 4) is 11.5 Å². The highest BCUT2D eigenvalue weighted by Crippen LogP contribution is 2.65. The molecule has 0 saturated heterocycles. The Morgan fingerprint density at radius 2 is 1.77 bits per heavy atom. The van der Waals surface area contributed by atoms with E-state index in [-0.39, 0.29) is 22.6 Å². The van der Waals surface area contributed by atoms with Gasteiger partial charge in [-0.15, -0.1) is 0 Å². The predicted molar refractivity (Wildman–Crippen MR) is 141 cm³/mol. The molecule has 0 spiro atoms. The molecule has 0 N–H and O–H groups in total. The number of carbonyl (C=O) groups is 1. The molecule has 1 aromatic carbocycles. The second-order valence-corrected chi connectivity index (χ2v) is 12.5. The average molecular weight is 483 g/mol. The van der Waals surface area contributed by atoms with Gasteiger partial charge in [0.15, 0.2) is 0 Å². The lowest BCUT2D eigenvalue weighted by molar-refractivity contribution is -0.132. The van der Waals surface area contributed by atoms with Gasteiger partial charge >= 0.3 is 5.97 Å². The smallest absolute Gasteiger partial charge is 0.308 e. The van der Waals surface area contributed by atoms with E-state index in [0.717, 1.165) is 54.5 Å². The molecule has 4 rings (SSSR count). The molecule has 0 aromatic heterocycles. The quantitative estimate of drug-likeness (QED) is 0.230. The Labute approximate surface area is 212 Å². The monoisotopic (exact) mass is 482 g/mol. The molecule has 0 amide bonds. The molecule has 0 saturated carbocycles. The number of ether oxygens (including phenoxy) is 3. The summed E-state index contributed by atoms with van der Waals surface area (Å²) in [7, 11) is 1.89. The maximum absolute atomic E-state index is 11.7. The van der Waals surface area contributed by atoms with Crippen LogP contribution in [-0.2, 0) is 16.0 Å². The summed E-state index contributed by atoms with van der Waals surface area (Å²) in [6.07, 6.45) is 5.17. The van der Waals surface area contributed by atoms with E-state index in [2.05, 4.69) is 55.4 Å². The van der Waals surface area contributed by atoms with E-state index < -0.39 is 0 Å². The number of fused-ring (bicyclic) bond motifs is 1. The van der Waals surface area contributed by atoms with Crippen LogP contribution in [0.3, 0.4) is 0 Å². The third-order valence-corrected chi connectivity index (χ3v) is 10.2. The summed E-state index contributed by atoms with van der Waals surface area (Å²) >= 11 is 0. The number of methoxy groups -OCH3 is 1. The molecule has 0 bridgehead atoms. The van der Waals surface area contributed by atoms with Crippen molar-refractivity contribution in [3.63, 3.8) is 0 Å². The fourth-order valence-corrected chi connectivity index (χ4v) is 7.50. The summed E-state index contributed by atoms with van der Waals surface area (Å²) in [6, 6.07) is 0. The van der Waals surface area contributed by atoms with Gasteiger partial charge in [-0.2, -0.15) is 0 Å². The number of esters is 1. The van der Waals surface area contributed by atoms with Gasteiger partial charge in [0, 0.05) is 31.4 Å². The molecule has 194 valence electrons. The standard InChI is InChI=1S/C31H46O4/c1-12-29(8,15-24-26-20(5)25(26)21(6)31(24,10)33-11)16-30(9)14-13-23-19(4)27(34-22(7)32)17(2)18(3)28(23)35-30/h20-21,24H,12-16H2,1-11H3/t20-,21?,24?,29?,30?,31?/m0/s1. The van der Waals surface area contributed by atoms with Gasteiger partial charge in [-0.1, -0.05) is 45.3 Å². The summed E-state index contributed by atoms with van der Waals surface area (Å²) in [4.78, 5) is 11.7. The van der Waals surface area contributed by atoms with E-state index in [1.807, 2.05) is 14.0 Å². The largest absolute Gasteiger partial charge is 0.487 e. The number of benzene rings is 1. The first-order chi connectivity index (χ1) is 16.2. The van der Waals surface area contributed by atoms with Crippen LogP contribution in [0.1, 0.15) is 96.4 Å². The number of hydrogen-bond acceptors (Lipinski definition) is 4. The minimum absolute atomic E-state index is 0.105. The maximum atomic E-state index is 11.7. The van der Waals surface area contributed by atoms with Gasteiger partial charge in [0.1, 0.15) is 17.1 Å². The third kappa shape index (κ3) is 4.14. The van der Waals surface area contributed by atoms with Gasteiger partial charge in [0.25, 0.3) is 0 Å². The van der Waals surface area contributed by atoms with Gasteiger partial charge in [0.2, 0.25) is 0 Å². The van der Waals surface area contributed by atoms with Crippen LogP contribution in [0, 0.1) is 43.9 Å². The molecule has 1 heterocycles. The number of rotatable bonds is 7. The molecular weight excluding hydrogens is 436 g/mol. The summed E-state index contributed by atoms with van der Waals surface area (Å²) in [5.74, 6) is 3.07. The third-order valence-electron chi connectivity index (χ3n) is 10.2. The highest BCUT2D eigenvalue weighted by Gasteiger charge is 2.60. The lowest BCUT2D eigenvalue weighted by Gasteiger charge is -2.47. The molecule has 2 aliphatic carbocycles. The van der Waals surface area contributed by atoms with Crippen molar-refractivity contribution >= 4 is 5.97 Å². The van der Waals surface area contributed by atoms with Crippen LogP contribution < -0.4 is 9.47 Å². The van der Waals surface area contributed by atoms with Gasteiger partial charge < -0.3 is 14.2 Å². The van der Waals surface area contributed by atoms with Gasteiger partial charge in [-0.05, 0) is 88.3 Å². The van der Waals surface area contributed by atoms with Crippen LogP contribution in [0.15, 0.2) is 11.1 Å². The van der Waals surface area contributed by atoms with Crippen LogP contribution in [0.2, 0.25) is 0 Å². The van der Waals surface area contributed by atoms with Crippen molar-refractivity contribution in [3.05, 3.63) is 33.4 Å². The summed E-state index contributed by atoms with van der Waals surface area (Å²) in [5.41, 5.74) is 7.45. The number of carbonyl (C=O) groups excluding carboxylic acids is 1. The second-order valence-electron chi connectivity index (χ2n) is 12.5. The molecule has 6 atom stereocenters. The first-order valence-corrected chi connectivity index (χ1v) is 13.5. The first kappa shape index (κ1) is 26.3. The topological polar surface area (TPSA) is 44.8 Å². The van der Waals surface area contributed by atoms with E-state index >= 15 is 0 Å². The fourth-order valence-electron chi connectivity index (χ4n) is 7.50. The highest BCUT2D eigenvalue weighted by molar-refractivity contribution is 5.72. The normalized spacial score (nSPS) is 33.1. The minimum Gasteiger partial charge on any atom is -0.487 e. The Kier molecular flexibility index (Phi) is 6.48. The Bertz CT molecular complexity index is 1080.